The molecular formula is C59H82ClN11O6S2. The van der Waals surface area contributed by atoms with Crippen LogP contribution in [0.4, 0.5) is 22.5 Å². The molecule has 5 heterocycles. The maximum Gasteiger partial charge on any atom is 0.267 e. The molecule has 3 aromatic heterocycles. The highest BCUT2D eigenvalue weighted by Gasteiger charge is 2.42. The zero-order valence-corrected chi connectivity index (χ0v) is 49.6. The summed E-state index contributed by atoms with van der Waals surface area (Å²) < 4.78 is 11.8. The van der Waals surface area contributed by atoms with Crippen LogP contribution in [-0.4, -0.2) is 131 Å². The number of unbranched alkanes of at least 4 members (excludes halogenated alkanes) is 7. The summed E-state index contributed by atoms with van der Waals surface area (Å²) in [6.07, 6.45) is 13.4. The van der Waals surface area contributed by atoms with Gasteiger partial charge in [-0.3, -0.25) is 24.1 Å². The third-order valence-corrected chi connectivity index (χ3v) is 16.6. The number of hydrogen-bond acceptors (Lipinski definition) is 15. The lowest BCUT2D eigenvalue weighted by Crippen LogP contribution is -2.57. The van der Waals surface area contributed by atoms with Gasteiger partial charge in [0.15, 0.2) is 5.13 Å². The number of benzene rings is 2. The predicted octanol–water partition coefficient (Wildman–Crippen LogP) is 10.9. The maximum absolute atomic E-state index is 14.0. The van der Waals surface area contributed by atoms with E-state index in [2.05, 4.69) is 46.0 Å². The number of likely N-dealkylation sites (tertiary alicyclic amines) is 1. The van der Waals surface area contributed by atoms with Gasteiger partial charge in [0, 0.05) is 78.2 Å². The fourth-order valence-electron chi connectivity index (χ4n) is 9.85. The molecule has 20 heteroatoms. The molecule has 2 saturated heterocycles. The van der Waals surface area contributed by atoms with Gasteiger partial charge < -0.3 is 40.5 Å². The number of ether oxygens (including phenoxy) is 2. The number of nitrogens with zero attached hydrogens (tertiary/aromatic N) is 7. The molecule has 0 aliphatic carbocycles. The summed E-state index contributed by atoms with van der Waals surface area (Å²) in [7, 11) is 0. The Morgan fingerprint density at radius 1 is 0.810 bits per heavy atom. The van der Waals surface area contributed by atoms with E-state index < -0.39 is 17.5 Å². The van der Waals surface area contributed by atoms with Crippen LogP contribution in [0.1, 0.15) is 137 Å². The van der Waals surface area contributed by atoms with E-state index in [1.165, 1.54) is 30.6 Å². The number of amides is 4. The summed E-state index contributed by atoms with van der Waals surface area (Å²) >= 11 is 9.18. The number of halogens is 1. The van der Waals surface area contributed by atoms with Crippen LogP contribution in [0.3, 0.4) is 0 Å². The highest BCUT2D eigenvalue weighted by atomic mass is 35.5. The van der Waals surface area contributed by atoms with E-state index in [4.69, 9.17) is 26.1 Å². The molecule has 0 bridgehead atoms. The molecule has 0 radical (unpaired) electrons. The summed E-state index contributed by atoms with van der Waals surface area (Å²) in [5.41, 5.74) is 5.89. The standard InChI is InChI=1S/C59H82ClN11O6S2/c1-41-19-17-20-46(60)52(41)68-56(74)48-39-62-58(79-48)66-49-37-50(65-43(3)64-49)70-31-29-69(30-32-70)27-12-7-8-13-33-76-35-15-10-16-36-77-34-14-9-11-22-51(72)67-54(59(4,5)6)57(75)71-28-18-21-47(71)55(73)61-38-44-23-25-45(26-24-44)53-42(2)63-40-78-53/h17,19-20,23-26,37,39-40,47,54H,7-16,18,21-22,27-36,38H2,1-6H3,(H,61,73)(H,67,72)(H,68,74)(H,62,64,65,66)/t47-,54+/m0/s1. The van der Waals surface area contributed by atoms with Crippen molar-refractivity contribution in [1.82, 2.24) is 40.4 Å². The Morgan fingerprint density at radius 2 is 1.49 bits per heavy atom. The third-order valence-electron chi connectivity index (χ3n) is 14.4. The number of carbonyl (C=O) groups excluding carboxylic acids is 4. The second kappa shape index (κ2) is 30.9. The second-order valence-corrected chi connectivity index (χ2v) is 24.1. The van der Waals surface area contributed by atoms with Crippen molar-refractivity contribution in [1.29, 1.82) is 0 Å². The van der Waals surface area contributed by atoms with Crippen LogP contribution < -0.4 is 26.2 Å². The summed E-state index contributed by atoms with van der Waals surface area (Å²) in [5.74, 6) is 1.42. The van der Waals surface area contributed by atoms with Gasteiger partial charge in [-0.15, -0.1) is 11.3 Å². The number of piperazine rings is 1. The van der Waals surface area contributed by atoms with Crippen LogP contribution in [0.25, 0.3) is 10.4 Å². The van der Waals surface area contributed by atoms with Gasteiger partial charge in [0.1, 0.15) is 34.4 Å². The van der Waals surface area contributed by atoms with E-state index in [9.17, 15) is 19.2 Å². The Kier molecular flexibility index (Phi) is 23.9. The first-order valence-corrected chi connectivity index (χ1v) is 30.3. The lowest BCUT2D eigenvalue weighted by molar-refractivity contribution is -0.143. The zero-order chi connectivity index (χ0) is 56.2. The van der Waals surface area contributed by atoms with E-state index >= 15 is 0 Å². The molecule has 2 atom stereocenters. The Morgan fingerprint density at radius 3 is 2.16 bits per heavy atom. The number of aryl methyl sites for hydroxylation is 3. The number of nitrogens with one attached hydrogen (secondary N) is 4. The van der Waals surface area contributed by atoms with Crippen molar-refractivity contribution < 1.29 is 28.7 Å². The number of anilines is 4. The molecule has 0 spiro atoms. The predicted molar refractivity (Wildman–Crippen MR) is 318 cm³/mol. The molecule has 2 aromatic carbocycles. The first kappa shape index (κ1) is 61.1. The van der Waals surface area contributed by atoms with Crippen LogP contribution in [0.15, 0.2) is 60.2 Å². The smallest absolute Gasteiger partial charge is 0.267 e. The Labute approximate surface area is 480 Å². The highest BCUT2D eigenvalue weighted by molar-refractivity contribution is 7.17. The van der Waals surface area contributed by atoms with Gasteiger partial charge in [-0.2, -0.15) is 0 Å². The number of para-hydroxylation sites is 1. The van der Waals surface area contributed by atoms with Crippen LogP contribution in [-0.2, 0) is 30.4 Å². The molecule has 428 valence electrons. The molecule has 4 N–H and O–H groups in total. The fraction of sp³-hybridized carbons (Fsp3) is 0.559. The van der Waals surface area contributed by atoms with Crippen molar-refractivity contribution in [2.45, 2.75) is 144 Å². The summed E-state index contributed by atoms with van der Waals surface area (Å²) in [6, 6.07) is 14.3. The maximum atomic E-state index is 14.0. The van der Waals surface area contributed by atoms with E-state index in [1.807, 2.05) is 89.5 Å². The van der Waals surface area contributed by atoms with Gasteiger partial charge in [-0.05, 0) is 113 Å². The Bertz CT molecular complexity index is 2720. The monoisotopic (exact) mass is 1140 g/mol. The van der Waals surface area contributed by atoms with Crippen molar-refractivity contribution in [3.05, 3.63) is 92.8 Å². The van der Waals surface area contributed by atoms with Crippen molar-refractivity contribution in [2.24, 2.45) is 5.41 Å². The molecule has 0 saturated carbocycles. The lowest BCUT2D eigenvalue weighted by atomic mass is 9.85. The third kappa shape index (κ3) is 19.0. The topological polar surface area (TPSA) is 196 Å². The van der Waals surface area contributed by atoms with E-state index in [0.29, 0.717) is 64.9 Å². The van der Waals surface area contributed by atoms with Crippen LogP contribution in [0.5, 0.6) is 0 Å². The van der Waals surface area contributed by atoms with Crippen molar-refractivity contribution in [3.8, 4) is 10.4 Å². The number of hydrogen-bond donors (Lipinski definition) is 4. The largest absolute Gasteiger partial charge is 0.381 e. The molecule has 17 nitrogen and oxygen atoms in total. The summed E-state index contributed by atoms with van der Waals surface area (Å²) in [6.45, 7) is 20.4. The average molecular weight is 1140 g/mol. The van der Waals surface area contributed by atoms with E-state index in [0.717, 1.165) is 137 Å². The number of thiazole rings is 2. The molecule has 0 unspecified atom stereocenters. The van der Waals surface area contributed by atoms with Gasteiger partial charge in [0.25, 0.3) is 5.91 Å². The minimum absolute atomic E-state index is 0.142. The van der Waals surface area contributed by atoms with Crippen molar-refractivity contribution in [2.75, 3.05) is 81.2 Å². The van der Waals surface area contributed by atoms with Crippen LogP contribution >= 0.6 is 34.3 Å². The molecule has 2 aliphatic heterocycles. The molecule has 7 rings (SSSR count). The Balaban J connectivity index is 0.659. The average Bonchev–Trinajstić information content (AvgIpc) is 4.30. The Hall–Kier alpha value is -5.57. The number of aromatic nitrogens is 4. The molecule has 5 aromatic rings. The minimum atomic E-state index is -0.729. The van der Waals surface area contributed by atoms with Crippen molar-refractivity contribution >= 4 is 80.4 Å². The quantitative estimate of drug-likeness (QED) is 0.0317. The summed E-state index contributed by atoms with van der Waals surface area (Å²) in [4.78, 5) is 79.7. The van der Waals surface area contributed by atoms with Crippen molar-refractivity contribution in [3.63, 3.8) is 0 Å². The highest BCUT2D eigenvalue weighted by Crippen LogP contribution is 2.31. The van der Waals surface area contributed by atoms with E-state index in [-0.39, 0.29) is 23.6 Å². The zero-order valence-electron chi connectivity index (χ0n) is 47.2. The first-order valence-electron chi connectivity index (χ1n) is 28.3. The fourth-order valence-corrected chi connectivity index (χ4v) is 11.6. The lowest BCUT2D eigenvalue weighted by Gasteiger charge is -2.35. The van der Waals surface area contributed by atoms with Crippen LogP contribution in [0.2, 0.25) is 5.02 Å². The van der Waals surface area contributed by atoms with Gasteiger partial charge in [0.2, 0.25) is 17.7 Å². The van der Waals surface area contributed by atoms with E-state index in [1.54, 1.807) is 28.5 Å². The molecule has 4 amide bonds. The van der Waals surface area contributed by atoms with Gasteiger partial charge in [-0.1, -0.05) is 99.4 Å². The molecule has 2 fully saturated rings. The first-order chi connectivity index (χ1) is 38.1. The van der Waals surface area contributed by atoms with Crippen LogP contribution in [0, 0.1) is 26.2 Å². The SMILES string of the molecule is Cc1nc(Nc2ncc(C(=O)Nc3c(C)cccc3Cl)s2)cc(N2CCN(CCCCCCOCCCCCOCCCCCC(=O)N[C@H](C(=O)N3CCC[C@H]3C(=O)NCc3ccc(-c4scnc4C)cc3)C(C)(C)C)CC2)n1. The van der Waals surface area contributed by atoms with Gasteiger partial charge in [0.05, 0.1) is 33.0 Å². The minimum Gasteiger partial charge on any atom is -0.381 e. The second-order valence-electron chi connectivity index (χ2n) is 21.8. The number of rotatable bonds is 30. The normalized spacial score (nSPS) is 15.3. The molecule has 2 aliphatic rings. The molecule has 79 heavy (non-hydrogen) atoms. The van der Waals surface area contributed by atoms with Gasteiger partial charge in [-0.25, -0.2) is 19.9 Å². The number of carbonyl (C=O) groups is 4. The molecular weight excluding hydrogens is 1060 g/mol. The van der Waals surface area contributed by atoms with Gasteiger partial charge >= 0.3 is 0 Å². The summed E-state index contributed by atoms with van der Waals surface area (Å²) in [5, 5.41) is 13.3.